The smallest absolute Gasteiger partial charge is 0.338 e. The molecule has 20 heavy (non-hydrogen) atoms. The van der Waals surface area contributed by atoms with Crippen molar-refractivity contribution >= 4 is 29.8 Å². The van der Waals surface area contributed by atoms with Crippen molar-refractivity contribution in [1.29, 1.82) is 0 Å². The monoisotopic (exact) mass is 301 g/mol. The Kier molecular flexibility index (Phi) is 5.72. The van der Waals surface area contributed by atoms with E-state index < -0.39 is 10.9 Å². The molecule has 0 amide bonds. The summed E-state index contributed by atoms with van der Waals surface area (Å²) in [6.45, 7) is 2.99. The van der Waals surface area contributed by atoms with Crippen LogP contribution in [-0.2, 0) is 4.74 Å². The average molecular weight is 302 g/mol. The summed E-state index contributed by atoms with van der Waals surface area (Å²) in [5.74, 6) is -0.574. The van der Waals surface area contributed by atoms with Gasteiger partial charge in [0, 0.05) is 32.2 Å². The lowest BCUT2D eigenvalue weighted by molar-refractivity contribution is -0.384. The number of halogens is 1. The van der Waals surface area contributed by atoms with E-state index >= 15 is 0 Å². The number of anilines is 1. The van der Waals surface area contributed by atoms with Gasteiger partial charge in [0.15, 0.2) is 0 Å². The highest BCUT2D eigenvalue weighted by Gasteiger charge is 2.23. The standard InChI is InChI=1S/C12H15N3O4.ClH/c1-19-12(16)9-2-3-10(11(8-9)15(17)18)14-6-4-13-5-7-14;/h2-3,8,13H,4-7H2,1H3;1H. The highest BCUT2D eigenvalue weighted by molar-refractivity contribution is 5.91. The van der Waals surface area contributed by atoms with E-state index in [1.165, 1.54) is 13.2 Å². The lowest BCUT2D eigenvalue weighted by Crippen LogP contribution is -2.43. The number of rotatable bonds is 3. The van der Waals surface area contributed by atoms with Crippen LogP contribution < -0.4 is 10.2 Å². The molecule has 1 aromatic rings. The van der Waals surface area contributed by atoms with E-state index in [-0.39, 0.29) is 23.7 Å². The van der Waals surface area contributed by atoms with Gasteiger partial charge in [-0.2, -0.15) is 0 Å². The van der Waals surface area contributed by atoms with Gasteiger partial charge in [0.05, 0.1) is 17.6 Å². The van der Waals surface area contributed by atoms with Gasteiger partial charge in [-0.3, -0.25) is 10.1 Å². The molecule has 0 spiro atoms. The predicted octanol–water partition coefficient (Wildman–Crippen LogP) is 1.21. The molecule has 0 atom stereocenters. The van der Waals surface area contributed by atoms with E-state index in [2.05, 4.69) is 10.1 Å². The molecule has 1 N–H and O–H groups in total. The van der Waals surface area contributed by atoms with Crippen molar-refractivity contribution in [3.8, 4) is 0 Å². The normalized spacial score (nSPS) is 14.3. The second-order valence-electron chi connectivity index (χ2n) is 4.19. The average Bonchev–Trinajstić information content (AvgIpc) is 2.46. The van der Waals surface area contributed by atoms with Gasteiger partial charge in [0.1, 0.15) is 5.69 Å². The summed E-state index contributed by atoms with van der Waals surface area (Å²) in [6, 6.07) is 4.43. The Morgan fingerprint density at radius 1 is 1.40 bits per heavy atom. The van der Waals surface area contributed by atoms with Crippen LogP contribution in [-0.4, -0.2) is 44.2 Å². The fraction of sp³-hybridized carbons (Fsp3) is 0.417. The van der Waals surface area contributed by atoms with Crippen molar-refractivity contribution in [3.05, 3.63) is 33.9 Å². The fourth-order valence-corrected chi connectivity index (χ4v) is 2.09. The van der Waals surface area contributed by atoms with Crippen LogP contribution in [0, 0.1) is 10.1 Å². The first-order valence-electron chi connectivity index (χ1n) is 5.96. The minimum absolute atomic E-state index is 0. The third-order valence-corrected chi connectivity index (χ3v) is 3.05. The molecule has 110 valence electrons. The van der Waals surface area contributed by atoms with E-state index in [4.69, 9.17) is 0 Å². The number of nitrogens with zero attached hydrogens (tertiary/aromatic N) is 2. The van der Waals surface area contributed by atoms with E-state index in [1.807, 2.05) is 4.90 Å². The molecule has 0 saturated carbocycles. The maximum absolute atomic E-state index is 11.4. The zero-order chi connectivity index (χ0) is 13.8. The lowest BCUT2D eigenvalue weighted by Gasteiger charge is -2.29. The molecule has 0 aliphatic carbocycles. The number of carbonyl (C=O) groups excluding carboxylic acids is 1. The number of nitrogens with one attached hydrogen (secondary N) is 1. The highest BCUT2D eigenvalue weighted by atomic mass is 35.5. The van der Waals surface area contributed by atoms with Crippen LogP contribution in [0.3, 0.4) is 0 Å². The zero-order valence-electron chi connectivity index (χ0n) is 11.0. The second kappa shape index (κ2) is 7.06. The predicted molar refractivity (Wildman–Crippen MR) is 76.8 cm³/mol. The number of methoxy groups -OCH3 is 1. The molecule has 2 rings (SSSR count). The summed E-state index contributed by atoms with van der Waals surface area (Å²) in [5, 5.41) is 14.3. The first-order valence-corrected chi connectivity index (χ1v) is 5.96. The first-order chi connectivity index (χ1) is 9.13. The summed E-state index contributed by atoms with van der Waals surface area (Å²) in [5.41, 5.74) is 0.664. The van der Waals surface area contributed by atoms with Gasteiger partial charge in [0.25, 0.3) is 5.69 Å². The molecule has 8 heteroatoms. The summed E-state index contributed by atoms with van der Waals surface area (Å²) >= 11 is 0. The zero-order valence-corrected chi connectivity index (χ0v) is 11.8. The van der Waals surface area contributed by atoms with Crippen LogP contribution in [0.1, 0.15) is 10.4 Å². The number of benzene rings is 1. The maximum atomic E-state index is 11.4. The minimum atomic E-state index is -0.574. The Morgan fingerprint density at radius 2 is 2.05 bits per heavy atom. The Labute approximate surface area is 122 Å². The van der Waals surface area contributed by atoms with Gasteiger partial charge >= 0.3 is 5.97 Å². The van der Waals surface area contributed by atoms with Crippen LogP contribution in [0.5, 0.6) is 0 Å². The van der Waals surface area contributed by atoms with Crippen molar-refractivity contribution in [2.45, 2.75) is 0 Å². The van der Waals surface area contributed by atoms with E-state index in [0.29, 0.717) is 18.8 Å². The number of piperazine rings is 1. The van der Waals surface area contributed by atoms with Crippen molar-refractivity contribution in [1.82, 2.24) is 5.32 Å². The van der Waals surface area contributed by atoms with Crippen LogP contribution in [0.25, 0.3) is 0 Å². The molecular formula is C12H16ClN3O4. The lowest BCUT2D eigenvalue weighted by atomic mass is 10.1. The number of hydrogen-bond acceptors (Lipinski definition) is 6. The van der Waals surface area contributed by atoms with Crippen LogP contribution >= 0.6 is 12.4 Å². The third kappa shape index (κ3) is 3.37. The molecule has 0 bridgehead atoms. The van der Waals surface area contributed by atoms with Gasteiger partial charge in [-0.1, -0.05) is 0 Å². The molecule has 0 aromatic heterocycles. The highest BCUT2D eigenvalue weighted by Crippen LogP contribution is 2.29. The summed E-state index contributed by atoms with van der Waals surface area (Å²) in [7, 11) is 1.25. The summed E-state index contributed by atoms with van der Waals surface area (Å²) < 4.78 is 4.57. The minimum Gasteiger partial charge on any atom is -0.465 e. The van der Waals surface area contributed by atoms with Crippen LogP contribution in [0.2, 0.25) is 0 Å². The summed E-state index contributed by atoms with van der Waals surface area (Å²) in [4.78, 5) is 24.0. The number of nitro groups is 1. The third-order valence-electron chi connectivity index (χ3n) is 3.05. The second-order valence-corrected chi connectivity index (χ2v) is 4.19. The molecule has 1 aliphatic heterocycles. The molecule has 0 radical (unpaired) electrons. The van der Waals surface area contributed by atoms with E-state index in [0.717, 1.165) is 13.1 Å². The van der Waals surface area contributed by atoms with Crippen LogP contribution in [0.15, 0.2) is 18.2 Å². The van der Waals surface area contributed by atoms with Crippen molar-refractivity contribution in [2.75, 3.05) is 38.2 Å². The van der Waals surface area contributed by atoms with Crippen molar-refractivity contribution in [2.24, 2.45) is 0 Å². The van der Waals surface area contributed by atoms with Gasteiger partial charge in [-0.05, 0) is 12.1 Å². The van der Waals surface area contributed by atoms with Gasteiger partial charge < -0.3 is 15.0 Å². The van der Waals surface area contributed by atoms with Crippen LogP contribution in [0.4, 0.5) is 11.4 Å². The number of nitro benzene ring substituents is 1. The molecule has 1 aromatic carbocycles. The topological polar surface area (TPSA) is 84.7 Å². The maximum Gasteiger partial charge on any atom is 0.338 e. The molecule has 1 aliphatic rings. The fourth-order valence-electron chi connectivity index (χ4n) is 2.09. The first kappa shape index (κ1) is 16.2. The SMILES string of the molecule is COC(=O)c1ccc(N2CCNCC2)c([N+](=O)[O-])c1.Cl. The van der Waals surface area contributed by atoms with Gasteiger partial charge in [-0.15, -0.1) is 12.4 Å². The number of esters is 1. The van der Waals surface area contributed by atoms with Crippen molar-refractivity contribution in [3.63, 3.8) is 0 Å². The van der Waals surface area contributed by atoms with Crippen molar-refractivity contribution < 1.29 is 14.5 Å². The molecule has 7 nitrogen and oxygen atoms in total. The van der Waals surface area contributed by atoms with E-state index in [9.17, 15) is 14.9 Å². The Bertz CT molecular complexity index is 503. The molecule has 1 fully saturated rings. The quantitative estimate of drug-likeness (QED) is 0.513. The molecule has 1 heterocycles. The van der Waals surface area contributed by atoms with E-state index in [1.54, 1.807) is 12.1 Å². The van der Waals surface area contributed by atoms with Gasteiger partial charge in [-0.25, -0.2) is 4.79 Å². The molecule has 1 saturated heterocycles. The Hall–Kier alpha value is -1.86. The molecule has 0 unspecified atom stereocenters. The Morgan fingerprint density at radius 3 is 2.60 bits per heavy atom. The number of carbonyl (C=O) groups is 1. The van der Waals surface area contributed by atoms with Gasteiger partial charge in [0.2, 0.25) is 0 Å². The largest absolute Gasteiger partial charge is 0.465 e. The number of ether oxygens (including phenoxy) is 1. The summed E-state index contributed by atoms with van der Waals surface area (Å²) in [6.07, 6.45) is 0. The Balaban J connectivity index is 0.00000200. The number of hydrogen-bond donors (Lipinski definition) is 1. The molecular weight excluding hydrogens is 286 g/mol.